The van der Waals surface area contributed by atoms with E-state index in [-0.39, 0.29) is 25.2 Å². The third-order valence-electron chi connectivity index (χ3n) is 0.513. The summed E-state index contributed by atoms with van der Waals surface area (Å²) in [6.07, 6.45) is -4.41. The van der Waals surface area contributed by atoms with Gasteiger partial charge in [-0.15, -0.1) is 8.78 Å². The zero-order valence-corrected chi connectivity index (χ0v) is 5.14. The average Bonchev–Trinajstić information content (AvgIpc) is 1.97. The van der Waals surface area contributed by atoms with Gasteiger partial charge in [0, 0.05) is 0 Å². The predicted octanol–water partition coefficient (Wildman–Crippen LogP) is 2.45. The van der Waals surface area contributed by atoms with Crippen molar-refractivity contribution in [3.63, 3.8) is 0 Å². The minimum Gasteiger partial charge on any atom is -0.405 e. The molecule has 0 amide bonds. The van der Waals surface area contributed by atoms with Gasteiger partial charge in [-0.3, -0.25) is 0 Å². The lowest BCUT2D eigenvalue weighted by atomic mass is 11.0. The summed E-state index contributed by atoms with van der Waals surface area (Å²) >= 11 is 0. The number of ether oxygens (including phenoxy) is 2. The summed E-state index contributed by atoms with van der Waals surface area (Å²) in [6.45, 7) is 0. The van der Waals surface area contributed by atoms with Gasteiger partial charge in [-0.2, -0.15) is 0 Å². The van der Waals surface area contributed by atoms with Gasteiger partial charge < -0.3 is 9.47 Å². The lowest BCUT2D eigenvalue weighted by molar-refractivity contribution is -0.350. The molecule has 0 aromatic carbocycles. The van der Waals surface area contributed by atoms with E-state index in [1.165, 1.54) is 0 Å². The van der Waals surface area contributed by atoms with Gasteiger partial charge in [-0.1, -0.05) is 0 Å². The SMILES string of the molecule is F/C=C/OC(F)(F)O/C=C/F. The van der Waals surface area contributed by atoms with E-state index < -0.39 is 6.29 Å². The van der Waals surface area contributed by atoms with Crippen LogP contribution >= 0.6 is 0 Å². The Labute approximate surface area is 59.7 Å². The van der Waals surface area contributed by atoms with Crippen LogP contribution in [0.25, 0.3) is 0 Å². The molecule has 0 radical (unpaired) electrons. The Morgan fingerprint density at radius 3 is 1.55 bits per heavy atom. The molecular weight excluding hydrogens is 168 g/mol. The van der Waals surface area contributed by atoms with Crippen molar-refractivity contribution in [3.8, 4) is 0 Å². The molecule has 0 aliphatic heterocycles. The molecule has 0 aromatic rings. The largest absolute Gasteiger partial charge is 0.585 e. The second-order valence-corrected chi connectivity index (χ2v) is 1.22. The topological polar surface area (TPSA) is 18.5 Å². The van der Waals surface area contributed by atoms with Crippen LogP contribution in [0.1, 0.15) is 0 Å². The van der Waals surface area contributed by atoms with Gasteiger partial charge in [-0.05, 0) is 0 Å². The third-order valence-corrected chi connectivity index (χ3v) is 0.513. The molecule has 0 aliphatic rings. The van der Waals surface area contributed by atoms with E-state index in [1.807, 2.05) is 0 Å². The first-order valence-electron chi connectivity index (χ1n) is 2.36. The van der Waals surface area contributed by atoms with Crippen molar-refractivity contribution in [1.29, 1.82) is 0 Å². The van der Waals surface area contributed by atoms with Crippen molar-refractivity contribution in [1.82, 2.24) is 0 Å². The highest BCUT2D eigenvalue weighted by molar-refractivity contribution is 4.62. The first-order chi connectivity index (χ1) is 5.12. The van der Waals surface area contributed by atoms with Crippen molar-refractivity contribution in [2.75, 3.05) is 0 Å². The molecule has 0 unspecified atom stereocenters. The number of hydrogen-bond donors (Lipinski definition) is 0. The highest BCUT2D eigenvalue weighted by atomic mass is 19.3. The van der Waals surface area contributed by atoms with Crippen LogP contribution in [0.3, 0.4) is 0 Å². The summed E-state index contributed by atoms with van der Waals surface area (Å²) in [5.41, 5.74) is 0. The van der Waals surface area contributed by atoms with E-state index in [0.717, 1.165) is 0 Å². The Kier molecular flexibility index (Phi) is 4.09. The van der Waals surface area contributed by atoms with Crippen LogP contribution in [0.15, 0.2) is 25.2 Å². The van der Waals surface area contributed by atoms with Gasteiger partial charge >= 0.3 is 6.29 Å². The third kappa shape index (κ3) is 5.25. The molecule has 0 fully saturated rings. The second-order valence-electron chi connectivity index (χ2n) is 1.22. The first kappa shape index (κ1) is 9.80. The quantitative estimate of drug-likeness (QED) is 0.368. The molecule has 0 aliphatic carbocycles. The van der Waals surface area contributed by atoms with E-state index in [2.05, 4.69) is 9.47 Å². The molecule has 0 bridgehead atoms. The van der Waals surface area contributed by atoms with Crippen LogP contribution < -0.4 is 0 Å². The van der Waals surface area contributed by atoms with Crippen LogP contribution in [0, 0.1) is 0 Å². The Hall–Kier alpha value is -1.20. The first-order valence-corrected chi connectivity index (χ1v) is 2.36. The molecule has 2 nitrogen and oxygen atoms in total. The zero-order chi connectivity index (χ0) is 8.74. The molecule has 0 heterocycles. The van der Waals surface area contributed by atoms with Crippen LogP contribution in [0.5, 0.6) is 0 Å². The maximum absolute atomic E-state index is 11.9. The van der Waals surface area contributed by atoms with Gasteiger partial charge in [0.15, 0.2) is 0 Å². The summed E-state index contributed by atoms with van der Waals surface area (Å²) in [5.74, 6) is 0. The summed E-state index contributed by atoms with van der Waals surface area (Å²) < 4.78 is 52.7. The van der Waals surface area contributed by atoms with Crippen molar-refractivity contribution in [3.05, 3.63) is 25.2 Å². The van der Waals surface area contributed by atoms with Crippen molar-refractivity contribution >= 4 is 0 Å². The van der Waals surface area contributed by atoms with Gasteiger partial charge in [0.1, 0.15) is 25.2 Å². The van der Waals surface area contributed by atoms with Gasteiger partial charge in [0.05, 0.1) is 0 Å². The van der Waals surface area contributed by atoms with E-state index in [4.69, 9.17) is 0 Å². The molecule has 0 aromatic heterocycles. The Balaban J connectivity index is 3.78. The Bertz CT molecular complexity index is 139. The fourth-order valence-electron chi connectivity index (χ4n) is 0.238. The molecule has 0 rings (SSSR count). The van der Waals surface area contributed by atoms with Gasteiger partial charge in [0.2, 0.25) is 0 Å². The maximum Gasteiger partial charge on any atom is 0.585 e. The molecule has 0 saturated carbocycles. The molecule has 0 spiro atoms. The Morgan fingerprint density at radius 2 is 1.27 bits per heavy atom. The van der Waals surface area contributed by atoms with E-state index in [0.29, 0.717) is 0 Å². The predicted molar refractivity (Wildman–Crippen MR) is 27.6 cm³/mol. The lowest BCUT2D eigenvalue weighted by Crippen LogP contribution is -2.19. The van der Waals surface area contributed by atoms with Crippen LogP contribution in [-0.2, 0) is 9.47 Å². The molecular formula is C5H4F4O2. The number of rotatable bonds is 4. The van der Waals surface area contributed by atoms with Crippen LogP contribution in [0.4, 0.5) is 17.6 Å². The van der Waals surface area contributed by atoms with Crippen molar-refractivity contribution < 1.29 is 27.0 Å². The summed E-state index contributed by atoms with van der Waals surface area (Å²) in [7, 11) is 0. The molecule has 11 heavy (non-hydrogen) atoms. The van der Waals surface area contributed by atoms with Crippen LogP contribution in [0.2, 0.25) is 0 Å². The van der Waals surface area contributed by atoms with E-state index in [1.54, 1.807) is 0 Å². The summed E-state index contributed by atoms with van der Waals surface area (Å²) in [4.78, 5) is 0. The second kappa shape index (κ2) is 4.59. The molecule has 0 N–H and O–H groups in total. The van der Waals surface area contributed by atoms with E-state index in [9.17, 15) is 17.6 Å². The monoisotopic (exact) mass is 172 g/mol. The van der Waals surface area contributed by atoms with Gasteiger partial charge in [-0.25, -0.2) is 8.78 Å². The Morgan fingerprint density at radius 1 is 0.909 bits per heavy atom. The molecule has 0 atom stereocenters. The van der Waals surface area contributed by atoms with Crippen molar-refractivity contribution in [2.45, 2.75) is 6.29 Å². The van der Waals surface area contributed by atoms with Crippen LogP contribution in [-0.4, -0.2) is 6.29 Å². The van der Waals surface area contributed by atoms with E-state index >= 15 is 0 Å². The zero-order valence-electron chi connectivity index (χ0n) is 5.14. The molecule has 64 valence electrons. The molecule has 0 saturated heterocycles. The normalized spacial score (nSPS) is 12.7. The minimum absolute atomic E-state index is 0.0755. The smallest absolute Gasteiger partial charge is 0.405 e. The lowest BCUT2D eigenvalue weighted by Gasteiger charge is -2.11. The maximum atomic E-state index is 11.9. The number of halogens is 4. The van der Waals surface area contributed by atoms with Crippen molar-refractivity contribution in [2.24, 2.45) is 0 Å². The molecule has 6 heteroatoms. The minimum atomic E-state index is -4.05. The fourth-order valence-corrected chi connectivity index (χ4v) is 0.238. The summed E-state index contributed by atoms with van der Waals surface area (Å²) in [6, 6.07) is 0. The standard InChI is InChI=1S/C5H4F4O2/c6-1-3-10-5(8,9)11-4-2-7/h1-4H/b3-1+,4-2+. The average molecular weight is 172 g/mol. The highest BCUT2D eigenvalue weighted by Gasteiger charge is 2.32. The fraction of sp³-hybridized carbons (Fsp3) is 0.200. The number of hydrogen-bond acceptors (Lipinski definition) is 2. The van der Waals surface area contributed by atoms with Gasteiger partial charge in [0.25, 0.3) is 0 Å². The number of alkyl halides is 2. The summed E-state index contributed by atoms with van der Waals surface area (Å²) in [5, 5.41) is 0. The highest BCUT2D eigenvalue weighted by Crippen LogP contribution is 2.17.